The van der Waals surface area contributed by atoms with Crippen molar-refractivity contribution in [3.8, 4) is 11.9 Å². The summed E-state index contributed by atoms with van der Waals surface area (Å²) in [6, 6.07) is 0.188. The van der Waals surface area contributed by atoms with Gasteiger partial charge in [0.15, 0.2) is 0 Å². The maximum atomic E-state index is 5.51. The smallest absolute Gasteiger partial charge is 0.321 e. The number of aromatic nitrogens is 2. The van der Waals surface area contributed by atoms with Crippen LogP contribution in [0.3, 0.4) is 0 Å². The van der Waals surface area contributed by atoms with Crippen LogP contribution in [0.25, 0.3) is 0 Å². The maximum Gasteiger partial charge on any atom is 0.321 e. The second kappa shape index (κ2) is 3.57. The molecule has 0 unspecified atom stereocenters. The second-order valence-corrected chi connectivity index (χ2v) is 2.71. The molecule has 1 rings (SSSR count). The van der Waals surface area contributed by atoms with Gasteiger partial charge in [-0.1, -0.05) is 0 Å². The third-order valence-corrected chi connectivity index (χ3v) is 1.95. The van der Waals surface area contributed by atoms with E-state index < -0.39 is 0 Å². The summed E-state index contributed by atoms with van der Waals surface area (Å²) in [5, 5.41) is 0. The van der Waals surface area contributed by atoms with Gasteiger partial charge in [0.05, 0.1) is 14.2 Å². The van der Waals surface area contributed by atoms with Crippen molar-refractivity contribution in [1.82, 2.24) is 9.97 Å². The lowest BCUT2D eigenvalue weighted by Gasteiger charge is -2.05. The number of nitrogens with zero attached hydrogens (tertiary/aromatic N) is 2. The van der Waals surface area contributed by atoms with E-state index in [1.165, 1.54) is 14.2 Å². The highest BCUT2D eigenvalue weighted by Crippen LogP contribution is 2.28. The molecule has 1 aromatic rings. The Morgan fingerprint density at radius 1 is 1.25 bits per heavy atom. The molecule has 0 aliphatic heterocycles. The summed E-state index contributed by atoms with van der Waals surface area (Å²) in [6.45, 7) is 0. The normalized spacial score (nSPS) is 9.58. The van der Waals surface area contributed by atoms with Crippen molar-refractivity contribution in [2.45, 2.75) is 0 Å². The monoisotopic (exact) mass is 233 g/mol. The summed E-state index contributed by atoms with van der Waals surface area (Å²) in [7, 11) is 2.95. The van der Waals surface area contributed by atoms with Gasteiger partial charge in [0.25, 0.3) is 0 Å². The number of nitrogens with two attached hydrogens (primary N) is 1. The molecule has 12 heavy (non-hydrogen) atoms. The van der Waals surface area contributed by atoms with Crippen molar-refractivity contribution in [3.63, 3.8) is 0 Å². The molecule has 6 heteroatoms. The first-order valence-corrected chi connectivity index (χ1v) is 3.89. The Bertz CT molecular complexity index is 292. The molecule has 0 bridgehead atoms. The summed E-state index contributed by atoms with van der Waals surface area (Å²) in [5.74, 6) is 0.651. The van der Waals surface area contributed by atoms with Gasteiger partial charge in [0, 0.05) is 0 Å². The van der Waals surface area contributed by atoms with E-state index in [1.807, 2.05) is 0 Å². The van der Waals surface area contributed by atoms with E-state index in [1.54, 1.807) is 0 Å². The molecule has 1 aromatic heterocycles. The zero-order chi connectivity index (χ0) is 9.14. The highest BCUT2D eigenvalue weighted by atomic mass is 79.9. The fourth-order valence-corrected chi connectivity index (χ4v) is 0.988. The van der Waals surface area contributed by atoms with Crippen molar-refractivity contribution >= 4 is 21.7 Å². The third-order valence-electron chi connectivity index (χ3n) is 1.20. The molecule has 1 heterocycles. The molecule has 5 nitrogen and oxygen atoms in total. The number of anilines is 1. The lowest BCUT2D eigenvalue weighted by atomic mass is 10.6. The Balaban J connectivity index is 3.19. The molecule has 0 radical (unpaired) electrons. The highest BCUT2D eigenvalue weighted by molar-refractivity contribution is 9.10. The molecular formula is C6H8BrN3O2. The first-order chi connectivity index (χ1) is 5.69. The van der Waals surface area contributed by atoms with Crippen molar-refractivity contribution in [2.75, 3.05) is 20.0 Å². The second-order valence-electron chi connectivity index (χ2n) is 1.92. The van der Waals surface area contributed by atoms with E-state index in [9.17, 15) is 0 Å². The van der Waals surface area contributed by atoms with Crippen molar-refractivity contribution in [1.29, 1.82) is 0 Å². The van der Waals surface area contributed by atoms with Gasteiger partial charge in [-0.25, -0.2) is 0 Å². The van der Waals surface area contributed by atoms with Gasteiger partial charge in [0.2, 0.25) is 5.88 Å². The minimum Gasteiger partial charge on any atom is -0.480 e. The third kappa shape index (κ3) is 1.58. The van der Waals surface area contributed by atoms with Gasteiger partial charge in [-0.05, 0) is 15.9 Å². The molecule has 0 amide bonds. The molecule has 0 aliphatic rings. The first kappa shape index (κ1) is 9.05. The lowest BCUT2D eigenvalue weighted by molar-refractivity contribution is 0.351. The predicted octanol–water partition coefficient (Wildman–Crippen LogP) is 0.839. The minimum atomic E-state index is 0.188. The van der Waals surface area contributed by atoms with Crippen LogP contribution in [0.4, 0.5) is 5.82 Å². The van der Waals surface area contributed by atoms with Crippen LogP contribution in [-0.4, -0.2) is 24.2 Å². The summed E-state index contributed by atoms with van der Waals surface area (Å²) >= 11 is 3.17. The van der Waals surface area contributed by atoms with Crippen LogP contribution >= 0.6 is 15.9 Å². The van der Waals surface area contributed by atoms with Crippen molar-refractivity contribution < 1.29 is 9.47 Å². The molecule has 66 valence electrons. The van der Waals surface area contributed by atoms with Gasteiger partial charge in [0.1, 0.15) is 10.3 Å². The molecule has 2 N–H and O–H groups in total. The summed E-state index contributed by atoms with van der Waals surface area (Å²) in [4.78, 5) is 7.71. The number of hydrogen-bond acceptors (Lipinski definition) is 5. The fraction of sp³-hybridized carbons (Fsp3) is 0.333. The SMILES string of the molecule is COc1nc(N)c(Br)c(OC)n1. The zero-order valence-electron chi connectivity index (χ0n) is 6.67. The van der Waals surface area contributed by atoms with Gasteiger partial charge in [-0.2, -0.15) is 9.97 Å². The summed E-state index contributed by atoms with van der Waals surface area (Å²) in [6.07, 6.45) is 0. The number of hydrogen-bond donors (Lipinski definition) is 1. The highest BCUT2D eigenvalue weighted by Gasteiger charge is 2.09. The van der Waals surface area contributed by atoms with Gasteiger partial charge in [-0.15, -0.1) is 0 Å². The average Bonchev–Trinajstić information content (AvgIpc) is 2.09. The van der Waals surface area contributed by atoms with Crippen molar-refractivity contribution in [2.24, 2.45) is 0 Å². The van der Waals surface area contributed by atoms with Crippen LogP contribution in [0.2, 0.25) is 0 Å². The summed E-state index contributed by atoms with van der Waals surface area (Å²) < 4.78 is 10.2. The van der Waals surface area contributed by atoms with E-state index in [0.717, 1.165) is 0 Å². The molecule has 0 saturated heterocycles. The zero-order valence-corrected chi connectivity index (χ0v) is 8.25. The van der Waals surface area contributed by atoms with Crippen LogP contribution < -0.4 is 15.2 Å². The molecule has 0 spiro atoms. The number of methoxy groups -OCH3 is 2. The van der Waals surface area contributed by atoms with Crippen LogP contribution in [-0.2, 0) is 0 Å². The lowest BCUT2D eigenvalue weighted by Crippen LogP contribution is -2.01. The topological polar surface area (TPSA) is 70.3 Å². The Labute approximate surface area is 78.0 Å². The van der Waals surface area contributed by atoms with Crippen molar-refractivity contribution in [3.05, 3.63) is 4.47 Å². The number of rotatable bonds is 2. The van der Waals surface area contributed by atoms with E-state index in [-0.39, 0.29) is 6.01 Å². The van der Waals surface area contributed by atoms with Crippen LogP contribution in [0.1, 0.15) is 0 Å². The first-order valence-electron chi connectivity index (χ1n) is 3.10. The molecular weight excluding hydrogens is 226 g/mol. The Kier molecular flexibility index (Phi) is 2.69. The Hall–Kier alpha value is -1.04. The maximum absolute atomic E-state index is 5.51. The molecule has 0 aromatic carbocycles. The van der Waals surface area contributed by atoms with E-state index >= 15 is 0 Å². The Morgan fingerprint density at radius 3 is 2.42 bits per heavy atom. The molecule has 0 aliphatic carbocycles. The van der Waals surface area contributed by atoms with Crippen LogP contribution in [0, 0.1) is 0 Å². The molecule has 0 atom stereocenters. The number of nitrogen functional groups attached to an aromatic ring is 1. The fourth-order valence-electron chi connectivity index (χ4n) is 0.649. The van der Waals surface area contributed by atoms with E-state index in [2.05, 4.69) is 25.9 Å². The predicted molar refractivity (Wildman–Crippen MR) is 47.2 cm³/mol. The largest absolute Gasteiger partial charge is 0.480 e. The number of ether oxygens (including phenoxy) is 2. The average molecular weight is 234 g/mol. The van der Waals surface area contributed by atoms with E-state index in [4.69, 9.17) is 15.2 Å². The van der Waals surface area contributed by atoms with Gasteiger partial charge >= 0.3 is 6.01 Å². The molecule has 0 saturated carbocycles. The minimum absolute atomic E-state index is 0.188. The van der Waals surface area contributed by atoms with Gasteiger partial charge < -0.3 is 15.2 Å². The van der Waals surface area contributed by atoms with Gasteiger partial charge in [-0.3, -0.25) is 0 Å². The van der Waals surface area contributed by atoms with Crippen LogP contribution in [0.15, 0.2) is 4.47 Å². The molecule has 0 fully saturated rings. The standard InChI is InChI=1S/C6H8BrN3O2/c1-11-5-3(7)4(8)9-6(10-5)12-2/h1-2H3,(H2,8,9,10). The van der Waals surface area contributed by atoms with E-state index in [0.29, 0.717) is 16.2 Å². The quantitative estimate of drug-likeness (QED) is 0.820. The summed E-state index contributed by atoms with van der Waals surface area (Å²) in [5.41, 5.74) is 5.51. The number of halogens is 1. The van der Waals surface area contributed by atoms with Crippen LogP contribution in [0.5, 0.6) is 11.9 Å². The Morgan fingerprint density at radius 2 is 1.92 bits per heavy atom.